The summed E-state index contributed by atoms with van der Waals surface area (Å²) in [6.45, 7) is 1.96. The Hall–Kier alpha value is -6.38. The number of aliphatic imine (C=N–C) groups is 1. The van der Waals surface area contributed by atoms with Crippen molar-refractivity contribution in [2.24, 2.45) is 10.7 Å². The zero-order chi connectivity index (χ0) is 32.8. The highest BCUT2D eigenvalue weighted by molar-refractivity contribution is 6.03. The number of nitrogens with one attached hydrogen (secondary N) is 1. The van der Waals surface area contributed by atoms with Crippen LogP contribution < -0.4 is 11.1 Å². The van der Waals surface area contributed by atoms with E-state index in [1.54, 1.807) is 37.4 Å². The van der Waals surface area contributed by atoms with E-state index in [0.717, 1.165) is 0 Å². The van der Waals surface area contributed by atoms with Gasteiger partial charge in [-0.05, 0) is 55.8 Å². The van der Waals surface area contributed by atoms with Crippen molar-refractivity contribution in [3.05, 3.63) is 116 Å². The SMILES string of the molecule is CCOC(=O)c1c(-c2ccc(C(N)=O)cc2)nc(NCCC2(c3ccc([N+](=O)[O-])cn3)C=CC=N2)nc1-c1ccc([N+](=O)[O-])cc1. The van der Waals surface area contributed by atoms with E-state index in [0.29, 0.717) is 23.2 Å². The standard InChI is InChI=1S/C31H26N8O7/c1-2-46-29(41)25-26(19-4-6-21(7-5-19)28(32)40)36-30(37-27(25)20-8-10-22(11-9-20)38(42)43)33-17-15-31(14-3-16-35-31)24-13-12-23(18-34-24)39(44)45/h3-14,16,18H,2,15,17H2,1H3,(H2,32,40)(H,33,36,37). The number of ether oxygens (including phenoxy) is 1. The Kier molecular flexibility index (Phi) is 8.84. The van der Waals surface area contributed by atoms with Crippen molar-refractivity contribution < 1.29 is 24.2 Å². The van der Waals surface area contributed by atoms with Crippen LogP contribution in [0.1, 0.15) is 39.8 Å². The van der Waals surface area contributed by atoms with Crippen molar-refractivity contribution in [3.8, 4) is 22.5 Å². The third kappa shape index (κ3) is 6.42. The molecule has 1 aliphatic rings. The molecule has 0 saturated heterocycles. The predicted octanol–water partition coefficient (Wildman–Crippen LogP) is 4.64. The van der Waals surface area contributed by atoms with Gasteiger partial charge in [0.05, 0.1) is 33.5 Å². The molecule has 1 unspecified atom stereocenters. The van der Waals surface area contributed by atoms with Gasteiger partial charge in [0.2, 0.25) is 11.9 Å². The number of allylic oxidation sites excluding steroid dienone is 1. The molecule has 3 N–H and O–H groups in total. The van der Waals surface area contributed by atoms with Gasteiger partial charge in [0.25, 0.3) is 11.4 Å². The summed E-state index contributed by atoms with van der Waals surface area (Å²) in [6.07, 6.45) is 6.74. The average Bonchev–Trinajstić information content (AvgIpc) is 3.54. The van der Waals surface area contributed by atoms with Crippen LogP contribution in [0.3, 0.4) is 0 Å². The Morgan fingerprint density at radius 2 is 1.52 bits per heavy atom. The van der Waals surface area contributed by atoms with Crippen LogP contribution in [0.15, 0.2) is 84.0 Å². The minimum absolute atomic E-state index is 0.0166. The van der Waals surface area contributed by atoms with Gasteiger partial charge < -0.3 is 15.8 Å². The van der Waals surface area contributed by atoms with Gasteiger partial charge in [-0.3, -0.25) is 35.0 Å². The lowest BCUT2D eigenvalue weighted by atomic mass is 9.92. The van der Waals surface area contributed by atoms with E-state index < -0.39 is 27.3 Å². The number of carbonyl (C=O) groups is 2. The molecule has 1 atom stereocenters. The molecule has 2 aromatic carbocycles. The monoisotopic (exact) mass is 622 g/mol. The van der Waals surface area contributed by atoms with Gasteiger partial charge in [-0.25, -0.2) is 14.8 Å². The van der Waals surface area contributed by atoms with Crippen LogP contribution >= 0.6 is 0 Å². The number of non-ortho nitro benzene ring substituents is 1. The van der Waals surface area contributed by atoms with Crippen molar-refractivity contribution in [1.82, 2.24) is 15.0 Å². The lowest BCUT2D eigenvalue weighted by Crippen LogP contribution is -2.25. The number of hydrogen-bond acceptors (Lipinski definition) is 12. The van der Waals surface area contributed by atoms with Crippen molar-refractivity contribution in [2.75, 3.05) is 18.5 Å². The molecule has 0 aliphatic carbocycles. The lowest BCUT2D eigenvalue weighted by Gasteiger charge is -2.24. The molecule has 15 heteroatoms. The van der Waals surface area contributed by atoms with Crippen molar-refractivity contribution in [2.45, 2.75) is 18.9 Å². The number of anilines is 1. The summed E-state index contributed by atoms with van der Waals surface area (Å²) in [5.74, 6) is -1.23. The van der Waals surface area contributed by atoms with E-state index in [9.17, 15) is 29.8 Å². The van der Waals surface area contributed by atoms with Crippen molar-refractivity contribution >= 4 is 35.4 Å². The second-order valence-electron chi connectivity index (χ2n) is 9.98. The summed E-state index contributed by atoms with van der Waals surface area (Å²) in [6, 6.07) is 14.6. The van der Waals surface area contributed by atoms with E-state index in [4.69, 9.17) is 10.5 Å². The highest BCUT2D eigenvalue weighted by Crippen LogP contribution is 2.35. The summed E-state index contributed by atoms with van der Waals surface area (Å²) >= 11 is 0. The Morgan fingerprint density at radius 1 is 0.913 bits per heavy atom. The number of rotatable bonds is 12. The summed E-state index contributed by atoms with van der Waals surface area (Å²) in [7, 11) is 0. The summed E-state index contributed by atoms with van der Waals surface area (Å²) in [5.41, 5.74) is 6.18. The fourth-order valence-corrected chi connectivity index (χ4v) is 4.85. The average molecular weight is 623 g/mol. The van der Waals surface area contributed by atoms with Gasteiger partial charge in [-0.2, -0.15) is 0 Å². The molecule has 0 fully saturated rings. The zero-order valence-electron chi connectivity index (χ0n) is 24.3. The number of hydrogen-bond donors (Lipinski definition) is 2. The molecule has 0 saturated carbocycles. The molecule has 3 heterocycles. The molecule has 46 heavy (non-hydrogen) atoms. The highest BCUT2D eigenvalue weighted by Gasteiger charge is 2.32. The van der Waals surface area contributed by atoms with E-state index in [1.807, 2.05) is 6.08 Å². The molecule has 232 valence electrons. The fourth-order valence-electron chi connectivity index (χ4n) is 4.85. The van der Waals surface area contributed by atoms with Crippen LogP contribution in [0.5, 0.6) is 0 Å². The first-order chi connectivity index (χ1) is 22.1. The van der Waals surface area contributed by atoms with Crippen molar-refractivity contribution in [1.29, 1.82) is 0 Å². The maximum Gasteiger partial charge on any atom is 0.342 e. The molecule has 0 spiro atoms. The van der Waals surface area contributed by atoms with Crippen LogP contribution in [0.4, 0.5) is 17.3 Å². The molecule has 5 rings (SSSR count). The number of nitro groups is 2. The van der Waals surface area contributed by atoms with E-state index in [2.05, 4.69) is 25.3 Å². The summed E-state index contributed by atoms with van der Waals surface area (Å²) in [4.78, 5) is 64.5. The largest absolute Gasteiger partial charge is 0.462 e. The Morgan fingerprint density at radius 3 is 2.02 bits per heavy atom. The molecule has 0 radical (unpaired) electrons. The summed E-state index contributed by atoms with van der Waals surface area (Å²) in [5, 5.41) is 25.6. The second-order valence-corrected chi connectivity index (χ2v) is 9.98. The normalized spacial score (nSPS) is 15.0. The smallest absolute Gasteiger partial charge is 0.342 e. The number of esters is 1. The lowest BCUT2D eigenvalue weighted by molar-refractivity contribution is -0.385. The maximum atomic E-state index is 13.4. The van der Waals surface area contributed by atoms with Gasteiger partial charge >= 0.3 is 5.97 Å². The molecular weight excluding hydrogens is 596 g/mol. The number of primary amides is 1. The minimum Gasteiger partial charge on any atom is -0.462 e. The Labute approximate surface area is 261 Å². The molecule has 4 aromatic rings. The minimum atomic E-state index is -0.901. The third-order valence-corrected chi connectivity index (χ3v) is 7.14. The van der Waals surface area contributed by atoms with Gasteiger partial charge in [0.1, 0.15) is 17.3 Å². The quantitative estimate of drug-likeness (QED) is 0.126. The maximum absolute atomic E-state index is 13.4. The molecule has 1 amide bonds. The van der Waals surface area contributed by atoms with E-state index in [-0.39, 0.29) is 53.0 Å². The molecule has 2 aromatic heterocycles. The number of amides is 1. The van der Waals surface area contributed by atoms with Crippen LogP contribution in [0, 0.1) is 20.2 Å². The molecule has 0 bridgehead atoms. The van der Waals surface area contributed by atoms with Gasteiger partial charge in [-0.1, -0.05) is 12.1 Å². The topological polar surface area (TPSA) is 219 Å². The number of nitrogens with zero attached hydrogens (tertiary/aromatic N) is 6. The van der Waals surface area contributed by atoms with Gasteiger partial charge in [0, 0.05) is 47.6 Å². The van der Waals surface area contributed by atoms with Crippen LogP contribution in [0.25, 0.3) is 22.5 Å². The number of benzene rings is 2. The van der Waals surface area contributed by atoms with Crippen molar-refractivity contribution in [3.63, 3.8) is 0 Å². The van der Waals surface area contributed by atoms with Crippen LogP contribution in [-0.4, -0.2) is 56.0 Å². The van der Waals surface area contributed by atoms with Crippen LogP contribution in [0.2, 0.25) is 0 Å². The number of carbonyl (C=O) groups excluding carboxylic acids is 2. The Bertz CT molecular complexity index is 1780. The Balaban J connectivity index is 1.56. The fraction of sp³-hybridized carbons (Fsp3) is 0.161. The summed E-state index contributed by atoms with van der Waals surface area (Å²) < 4.78 is 5.36. The first-order valence-electron chi connectivity index (χ1n) is 13.9. The second kappa shape index (κ2) is 13.1. The van der Waals surface area contributed by atoms with Gasteiger partial charge in [-0.15, -0.1) is 0 Å². The predicted molar refractivity (Wildman–Crippen MR) is 167 cm³/mol. The highest BCUT2D eigenvalue weighted by atomic mass is 16.6. The number of nitro benzene ring substituents is 1. The third-order valence-electron chi connectivity index (χ3n) is 7.14. The van der Waals surface area contributed by atoms with E-state index in [1.165, 1.54) is 48.7 Å². The number of pyridine rings is 1. The molecule has 15 nitrogen and oxygen atoms in total. The molecule has 1 aliphatic heterocycles. The number of aromatic nitrogens is 3. The first kappa shape index (κ1) is 31.1. The molecular formula is C31H26N8O7. The van der Waals surface area contributed by atoms with Crippen LogP contribution in [-0.2, 0) is 10.3 Å². The van der Waals surface area contributed by atoms with Gasteiger partial charge in [0.15, 0.2) is 0 Å². The first-order valence-corrected chi connectivity index (χ1v) is 13.9. The van der Waals surface area contributed by atoms with E-state index >= 15 is 0 Å². The zero-order valence-corrected chi connectivity index (χ0v) is 24.3. The number of nitrogens with two attached hydrogens (primary N) is 1.